The van der Waals surface area contributed by atoms with Crippen molar-refractivity contribution >= 4 is 5.97 Å². The Labute approximate surface area is 108 Å². The molecule has 1 rings (SSSR count). The van der Waals surface area contributed by atoms with Crippen LogP contribution >= 0.6 is 0 Å². The van der Waals surface area contributed by atoms with Crippen LogP contribution in [-0.2, 0) is 14.3 Å². The van der Waals surface area contributed by atoms with E-state index in [4.69, 9.17) is 9.47 Å². The van der Waals surface area contributed by atoms with Crippen LogP contribution in [-0.4, -0.2) is 19.2 Å². The molecule has 0 fully saturated rings. The van der Waals surface area contributed by atoms with Gasteiger partial charge in [0.25, 0.3) is 0 Å². The summed E-state index contributed by atoms with van der Waals surface area (Å²) >= 11 is 0. The second kappa shape index (κ2) is 7.67. The monoisotopic (exact) mass is 248 g/mol. The van der Waals surface area contributed by atoms with E-state index in [0.717, 1.165) is 11.6 Å². The fraction of sp³-hybridized carbons (Fsp3) is 0.400. The summed E-state index contributed by atoms with van der Waals surface area (Å²) in [5.74, 6) is -0.0538. The molecule has 0 radical (unpaired) electrons. The fourth-order valence-corrected chi connectivity index (χ4v) is 1.69. The molecular formula is C15H20O3. The van der Waals surface area contributed by atoms with E-state index in [1.165, 1.54) is 0 Å². The van der Waals surface area contributed by atoms with Crippen molar-refractivity contribution in [2.45, 2.75) is 20.0 Å². The lowest BCUT2D eigenvalue weighted by molar-refractivity contribution is -0.140. The SMILES string of the molecule is C=CC(=O)OCCOC(c1ccccc1)C(C)C. The first-order valence-electron chi connectivity index (χ1n) is 6.11. The fourth-order valence-electron chi connectivity index (χ4n) is 1.69. The molecule has 1 unspecified atom stereocenters. The Kier molecular flexibility index (Phi) is 6.15. The average Bonchev–Trinajstić information content (AvgIpc) is 2.38. The van der Waals surface area contributed by atoms with Gasteiger partial charge in [0.15, 0.2) is 0 Å². The van der Waals surface area contributed by atoms with Crippen molar-refractivity contribution in [3.63, 3.8) is 0 Å². The molecule has 1 aromatic carbocycles. The van der Waals surface area contributed by atoms with Gasteiger partial charge in [-0.1, -0.05) is 50.8 Å². The summed E-state index contributed by atoms with van der Waals surface area (Å²) < 4.78 is 10.6. The third-order valence-electron chi connectivity index (χ3n) is 2.53. The van der Waals surface area contributed by atoms with E-state index in [1.54, 1.807) is 0 Å². The van der Waals surface area contributed by atoms with Gasteiger partial charge in [0, 0.05) is 6.08 Å². The summed E-state index contributed by atoms with van der Waals surface area (Å²) in [5, 5.41) is 0. The maximum Gasteiger partial charge on any atom is 0.330 e. The van der Waals surface area contributed by atoms with E-state index in [2.05, 4.69) is 20.4 Å². The Bertz CT molecular complexity index is 371. The van der Waals surface area contributed by atoms with Gasteiger partial charge in [-0.15, -0.1) is 0 Å². The van der Waals surface area contributed by atoms with Gasteiger partial charge in [-0.3, -0.25) is 0 Å². The van der Waals surface area contributed by atoms with Gasteiger partial charge in [0.05, 0.1) is 12.7 Å². The number of hydrogen-bond acceptors (Lipinski definition) is 3. The first-order chi connectivity index (χ1) is 8.65. The molecule has 1 atom stereocenters. The molecular weight excluding hydrogens is 228 g/mol. The third kappa shape index (κ3) is 4.72. The van der Waals surface area contributed by atoms with Gasteiger partial charge in [-0.05, 0) is 11.5 Å². The number of benzene rings is 1. The molecule has 0 spiro atoms. The molecule has 3 heteroatoms. The predicted molar refractivity (Wildman–Crippen MR) is 71.1 cm³/mol. The van der Waals surface area contributed by atoms with Crippen molar-refractivity contribution in [3.05, 3.63) is 48.6 Å². The smallest absolute Gasteiger partial charge is 0.330 e. The summed E-state index contributed by atoms with van der Waals surface area (Å²) in [6.45, 7) is 8.18. The molecule has 18 heavy (non-hydrogen) atoms. The Morgan fingerprint density at radius 3 is 2.50 bits per heavy atom. The van der Waals surface area contributed by atoms with Crippen LogP contribution in [0.25, 0.3) is 0 Å². The van der Waals surface area contributed by atoms with Gasteiger partial charge in [0.2, 0.25) is 0 Å². The number of hydrogen-bond donors (Lipinski definition) is 0. The lowest BCUT2D eigenvalue weighted by Crippen LogP contribution is -2.15. The van der Waals surface area contributed by atoms with E-state index < -0.39 is 5.97 Å². The molecule has 0 N–H and O–H groups in total. The van der Waals surface area contributed by atoms with Crippen molar-refractivity contribution in [2.24, 2.45) is 5.92 Å². The topological polar surface area (TPSA) is 35.5 Å². The van der Waals surface area contributed by atoms with E-state index in [0.29, 0.717) is 12.5 Å². The summed E-state index contributed by atoms with van der Waals surface area (Å²) in [5.41, 5.74) is 1.14. The summed E-state index contributed by atoms with van der Waals surface area (Å²) in [6, 6.07) is 10.0. The normalized spacial score (nSPS) is 12.2. The lowest BCUT2D eigenvalue weighted by atomic mass is 9.99. The largest absolute Gasteiger partial charge is 0.460 e. The molecule has 1 aromatic rings. The molecule has 0 bridgehead atoms. The van der Waals surface area contributed by atoms with E-state index in [-0.39, 0.29) is 12.7 Å². The first-order valence-corrected chi connectivity index (χ1v) is 6.11. The molecule has 0 amide bonds. The van der Waals surface area contributed by atoms with Crippen LogP contribution in [0, 0.1) is 5.92 Å². The van der Waals surface area contributed by atoms with Crippen LogP contribution in [0.2, 0.25) is 0 Å². The van der Waals surface area contributed by atoms with Crippen LogP contribution < -0.4 is 0 Å². The maximum absolute atomic E-state index is 10.9. The highest BCUT2D eigenvalue weighted by Gasteiger charge is 2.15. The van der Waals surface area contributed by atoms with Gasteiger partial charge < -0.3 is 9.47 Å². The predicted octanol–water partition coefficient (Wildman–Crippen LogP) is 3.13. The minimum Gasteiger partial charge on any atom is -0.460 e. The molecule has 0 heterocycles. The second-order valence-electron chi connectivity index (χ2n) is 4.32. The quantitative estimate of drug-likeness (QED) is 0.422. The number of rotatable bonds is 7. The van der Waals surface area contributed by atoms with Crippen LogP contribution in [0.3, 0.4) is 0 Å². The van der Waals surface area contributed by atoms with Gasteiger partial charge in [0.1, 0.15) is 6.61 Å². The van der Waals surface area contributed by atoms with E-state index in [1.807, 2.05) is 30.3 Å². The van der Waals surface area contributed by atoms with Crippen molar-refractivity contribution in [1.29, 1.82) is 0 Å². The molecule has 0 aliphatic rings. The number of esters is 1. The van der Waals surface area contributed by atoms with Crippen LogP contribution in [0.4, 0.5) is 0 Å². The summed E-state index contributed by atoms with van der Waals surface area (Å²) in [4.78, 5) is 10.9. The Hall–Kier alpha value is -1.61. The molecule has 3 nitrogen and oxygen atoms in total. The number of carbonyl (C=O) groups excluding carboxylic acids is 1. The Morgan fingerprint density at radius 1 is 1.28 bits per heavy atom. The van der Waals surface area contributed by atoms with Crippen molar-refractivity contribution in [3.8, 4) is 0 Å². The summed E-state index contributed by atoms with van der Waals surface area (Å²) in [6.07, 6.45) is 1.17. The Balaban J connectivity index is 2.45. The van der Waals surface area contributed by atoms with Crippen molar-refractivity contribution < 1.29 is 14.3 Å². The molecule has 98 valence electrons. The molecule has 0 aromatic heterocycles. The highest BCUT2D eigenvalue weighted by molar-refractivity contribution is 5.81. The van der Waals surface area contributed by atoms with Crippen LogP contribution in [0.1, 0.15) is 25.5 Å². The zero-order valence-electron chi connectivity index (χ0n) is 11.0. The van der Waals surface area contributed by atoms with Crippen molar-refractivity contribution in [2.75, 3.05) is 13.2 Å². The van der Waals surface area contributed by atoms with Crippen molar-refractivity contribution in [1.82, 2.24) is 0 Å². The number of ether oxygens (including phenoxy) is 2. The third-order valence-corrected chi connectivity index (χ3v) is 2.53. The van der Waals surface area contributed by atoms with Crippen LogP contribution in [0.15, 0.2) is 43.0 Å². The highest BCUT2D eigenvalue weighted by atomic mass is 16.6. The summed E-state index contributed by atoms with van der Waals surface area (Å²) in [7, 11) is 0. The minimum absolute atomic E-state index is 0.0219. The van der Waals surface area contributed by atoms with E-state index in [9.17, 15) is 4.79 Å². The van der Waals surface area contributed by atoms with E-state index >= 15 is 0 Å². The highest BCUT2D eigenvalue weighted by Crippen LogP contribution is 2.25. The second-order valence-corrected chi connectivity index (χ2v) is 4.32. The van der Waals surface area contributed by atoms with Gasteiger partial charge in [-0.2, -0.15) is 0 Å². The lowest BCUT2D eigenvalue weighted by Gasteiger charge is -2.21. The van der Waals surface area contributed by atoms with Gasteiger partial charge >= 0.3 is 5.97 Å². The zero-order chi connectivity index (χ0) is 13.4. The van der Waals surface area contributed by atoms with Crippen LogP contribution in [0.5, 0.6) is 0 Å². The van der Waals surface area contributed by atoms with Gasteiger partial charge in [-0.25, -0.2) is 4.79 Å². The number of carbonyl (C=O) groups is 1. The first kappa shape index (κ1) is 14.5. The molecule has 0 aliphatic carbocycles. The standard InChI is InChI=1S/C15H20O3/c1-4-14(16)17-10-11-18-15(12(2)3)13-8-6-5-7-9-13/h4-9,12,15H,1,10-11H2,2-3H3. The Morgan fingerprint density at radius 2 is 1.94 bits per heavy atom. The maximum atomic E-state index is 10.9. The average molecular weight is 248 g/mol. The molecule has 0 saturated heterocycles. The molecule has 0 aliphatic heterocycles. The molecule has 0 saturated carbocycles. The zero-order valence-corrected chi connectivity index (χ0v) is 11.0. The minimum atomic E-state index is -0.417.